The molecule has 4 rings (SSSR count). The van der Waals surface area contributed by atoms with E-state index in [4.69, 9.17) is 0 Å². The summed E-state index contributed by atoms with van der Waals surface area (Å²) in [5, 5.41) is 12.5. The summed E-state index contributed by atoms with van der Waals surface area (Å²) in [6.45, 7) is 2.29. The number of hydrogen-bond donors (Lipinski definition) is 0. The van der Waals surface area contributed by atoms with Gasteiger partial charge in [-0.2, -0.15) is 5.26 Å². The number of fused-ring (bicyclic) bond motifs is 1. The first-order chi connectivity index (χ1) is 11.7. The zero-order valence-corrected chi connectivity index (χ0v) is 15.7. The maximum atomic E-state index is 9.54. The van der Waals surface area contributed by atoms with Gasteiger partial charge in [0.25, 0.3) is 0 Å². The molecular weight excluding hydrogens is 352 g/mol. The monoisotopic (exact) mass is 368 g/mol. The van der Waals surface area contributed by atoms with Crippen molar-refractivity contribution in [2.75, 3.05) is 0 Å². The molecule has 3 aromatic heterocycles. The molecule has 1 aliphatic carbocycles. The second-order valence-electron chi connectivity index (χ2n) is 6.08. The summed E-state index contributed by atoms with van der Waals surface area (Å²) in [7, 11) is 0. The normalized spacial score (nSPS) is 17.1. The van der Waals surface area contributed by atoms with Gasteiger partial charge in [-0.3, -0.25) is 0 Å². The highest BCUT2D eigenvalue weighted by molar-refractivity contribution is 7.22. The summed E-state index contributed by atoms with van der Waals surface area (Å²) in [6.07, 6.45) is 5.19. The highest BCUT2D eigenvalue weighted by atomic mass is 32.1. The van der Waals surface area contributed by atoms with Gasteiger partial charge in [0.15, 0.2) is 0 Å². The largest absolute Gasteiger partial charge is 0.243 e. The van der Waals surface area contributed by atoms with Gasteiger partial charge in [0.1, 0.15) is 11.1 Å². The molecule has 0 fully saturated rings. The molecule has 0 aliphatic heterocycles. The quantitative estimate of drug-likeness (QED) is 0.501. The topological polar surface area (TPSA) is 36.1 Å². The van der Waals surface area contributed by atoms with Crippen molar-refractivity contribution in [3.8, 4) is 15.8 Å². The Morgan fingerprint density at radius 2 is 2.17 bits per heavy atom. The molecule has 1 unspecified atom stereocenters. The molecule has 0 radical (unpaired) electrons. The molecular formula is C19H16N2S3. The smallest absolute Gasteiger partial charge is 0.134 e. The van der Waals surface area contributed by atoms with Gasteiger partial charge in [0, 0.05) is 25.7 Å². The molecule has 3 heterocycles. The summed E-state index contributed by atoms with van der Waals surface area (Å²) in [4.78, 5) is 9.71. The summed E-state index contributed by atoms with van der Waals surface area (Å²) in [5.74, 6) is 0.713. The van der Waals surface area contributed by atoms with Gasteiger partial charge in [0.05, 0.1) is 5.56 Å². The molecule has 24 heavy (non-hydrogen) atoms. The van der Waals surface area contributed by atoms with Crippen LogP contribution in [-0.2, 0) is 12.8 Å². The van der Waals surface area contributed by atoms with Crippen LogP contribution in [0.15, 0.2) is 34.6 Å². The Kier molecular flexibility index (Phi) is 4.36. The average molecular weight is 369 g/mol. The van der Waals surface area contributed by atoms with E-state index in [1.165, 1.54) is 26.6 Å². The third-order valence-electron chi connectivity index (χ3n) is 4.30. The molecule has 0 amide bonds. The number of nitriles is 1. The van der Waals surface area contributed by atoms with Gasteiger partial charge < -0.3 is 0 Å². The van der Waals surface area contributed by atoms with Gasteiger partial charge >= 0.3 is 0 Å². The van der Waals surface area contributed by atoms with E-state index >= 15 is 0 Å². The van der Waals surface area contributed by atoms with Crippen molar-refractivity contribution >= 4 is 45.2 Å². The lowest BCUT2D eigenvalue weighted by Crippen LogP contribution is -2.09. The standard InChI is InChI=1S/C19H16N2S3/c1-12-4-6-14-15(10-20)19(24-18(14)9-12)21-11-13-5-7-17(23-13)16-3-2-8-22-16/h2-3,5,7-8,11-12H,4,6,9H2,1H3. The fourth-order valence-electron chi connectivity index (χ4n) is 3.04. The third-order valence-corrected chi connectivity index (χ3v) is 7.55. The molecule has 3 aromatic rings. The molecule has 0 spiro atoms. The Balaban J connectivity index is 1.62. The molecule has 0 saturated heterocycles. The van der Waals surface area contributed by atoms with E-state index in [1.54, 1.807) is 34.0 Å². The van der Waals surface area contributed by atoms with Crippen LogP contribution < -0.4 is 0 Å². The van der Waals surface area contributed by atoms with E-state index in [0.29, 0.717) is 5.92 Å². The van der Waals surface area contributed by atoms with E-state index in [1.807, 2.05) is 6.21 Å². The number of thiophene rings is 3. The molecule has 0 saturated carbocycles. The van der Waals surface area contributed by atoms with Crippen LogP contribution in [0.25, 0.3) is 9.75 Å². The minimum Gasteiger partial charge on any atom is -0.243 e. The van der Waals surface area contributed by atoms with Gasteiger partial charge in [-0.15, -0.1) is 34.0 Å². The van der Waals surface area contributed by atoms with E-state index in [9.17, 15) is 5.26 Å². The highest BCUT2D eigenvalue weighted by Gasteiger charge is 2.23. The van der Waals surface area contributed by atoms with Crippen LogP contribution in [0.1, 0.15) is 34.2 Å². The van der Waals surface area contributed by atoms with E-state index < -0.39 is 0 Å². The minimum absolute atomic E-state index is 0.713. The third kappa shape index (κ3) is 2.98. The van der Waals surface area contributed by atoms with E-state index in [2.05, 4.69) is 47.6 Å². The van der Waals surface area contributed by atoms with Crippen LogP contribution in [0.3, 0.4) is 0 Å². The molecule has 2 nitrogen and oxygen atoms in total. The maximum absolute atomic E-state index is 9.54. The Morgan fingerprint density at radius 3 is 2.96 bits per heavy atom. The summed E-state index contributed by atoms with van der Waals surface area (Å²) in [5.41, 5.74) is 2.05. The maximum Gasteiger partial charge on any atom is 0.134 e. The molecule has 0 bridgehead atoms. The molecule has 0 aromatic carbocycles. The van der Waals surface area contributed by atoms with Crippen molar-refractivity contribution < 1.29 is 0 Å². The lowest BCUT2D eigenvalue weighted by atomic mass is 9.89. The first-order valence-electron chi connectivity index (χ1n) is 7.97. The first kappa shape index (κ1) is 15.8. The van der Waals surface area contributed by atoms with E-state index in [-0.39, 0.29) is 0 Å². The SMILES string of the molecule is CC1CCc2c(sc(N=Cc3ccc(-c4cccs4)s3)c2C#N)C1. The Labute approximate surface area is 153 Å². The van der Waals surface area contributed by atoms with Gasteiger partial charge in [0.2, 0.25) is 0 Å². The zero-order chi connectivity index (χ0) is 16.5. The molecule has 120 valence electrons. The van der Waals surface area contributed by atoms with Crippen LogP contribution in [0.5, 0.6) is 0 Å². The molecule has 1 atom stereocenters. The lowest BCUT2D eigenvalue weighted by Gasteiger charge is -2.17. The first-order valence-corrected chi connectivity index (χ1v) is 10.5. The Morgan fingerprint density at radius 1 is 1.25 bits per heavy atom. The van der Waals surface area contributed by atoms with Gasteiger partial charge in [-0.1, -0.05) is 13.0 Å². The number of nitrogens with zero attached hydrogens (tertiary/aromatic N) is 2. The van der Waals surface area contributed by atoms with Crippen LogP contribution in [0.4, 0.5) is 5.00 Å². The molecule has 5 heteroatoms. The highest BCUT2D eigenvalue weighted by Crippen LogP contribution is 2.41. The Hall–Kier alpha value is -1.74. The molecule has 0 N–H and O–H groups in total. The fraction of sp³-hybridized carbons (Fsp3) is 0.263. The zero-order valence-electron chi connectivity index (χ0n) is 13.3. The van der Waals surface area contributed by atoms with Crippen molar-refractivity contribution in [1.82, 2.24) is 0 Å². The molecule has 1 aliphatic rings. The Bertz CT molecular complexity index is 923. The van der Waals surface area contributed by atoms with Crippen molar-refractivity contribution in [2.24, 2.45) is 10.9 Å². The predicted octanol–water partition coefficient (Wildman–Crippen LogP) is 6.29. The lowest BCUT2D eigenvalue weighted by molar-refractivity contribution is 0.507. The van der Waals surface area contributed by atoms with Crippen LogP contribution in [0, 0.1) is 17.2 Å². The van der Waals surface area contributed by atoms with Crippen LogP contribution >= 0.6 is 34.0 Å². The second kappa shape index (κ2) is 6.64. The fourth-order valence-corrected chi connectivity index (χ4v) is 6.06. The van der Waals surface area contributed by atoms with Gasteiger partial charge in [-0.05, 0) is 54.3 Å². The number of aliphatic imine (C=N–C) groups is 1. The van der Waals surface area contributed by atoms with Crippen molar-refractivity contribution in [2.45, 2.75) is 26.2 Å². The number of hydrogen-bond acceptors (Lipinski definition) is 5. The van der Waals surface area contributed by atoms with E-state index in [0.717, 1.165) is 28.3 Å². The van der Waals surface area contributed by atoms with Crippen molar-refractivity contribution in [3.05, 3.63) is 50.5 Å². The van der Waals surface area contributed by atoms with Gasteiger partial charge in [-0.25, -0.2) is 4.99 Å². The summed E-state index contributed by atoms with van der Waals surface area (Å²) < 4.78 is 0. The minimum atomic E-state index is 0.713. The predicted molar refractivity (Wildman–Crippen MR) is 105 cm³/mol. The summed E-state index contributed by atoms with van der Waals surface area (Å²) >= 11 is 5.19. The second-order valence-corrected chi connectivity index (χ2v) is 9.23. The number of rotatable bonds is 3. The van der Waals surface area contributed by atoms with Crippen LogP contribution in [-0.4, -0.2) is 6.21 Å². The van der Waals surface area contributed by atoms with Crippen molar-refractivity contribution in [1.29, 1.82) is 5.26 Å². The summed E-state index contributed by atoms with van der Waals surface area (Å²) in [6, 6.07) is 10.8. The average Bonchev–Trinajstić information content (AvgIpc) is 3.30. The van der Waals surface area contributed by atoms with Crippen molar-refractivity contribution in [3.63, 3.8) is 0 Å². The van der Waals surface area contributed by atoms with Crippen LogP contribution in [0.2, 0.25) is 0 Å².